The van der Waals surface area contributed by atoms with Gasteiger partial charge in [0.05, 0.1) is 6.42 Å². The van der Waals surface area contributed by atoms with Crippen molar-refractivity contribution in [1.29, 1.82) is 0 Å². The predicted molar refractivity (Wildman–Crippen MR) is 67.2 cm³/mol. The van der Waals surface area contributed by atoms with Crippen LogP contribution in [0.5, 0.6) is 0 Å². The molecule has 0 heterocycles. The van der Waals surface area contributed by atoms with E-state index in [4.69, 9.17) is 10.9 Å². The molecule has 5 nitrogen and oxygen atoms in total. The average Bonchev–Trinajstić information content (AvgIpc) is 2.31. The Labute approximate surface area is 100 Å². The number of nitrogens with zero attached hydrogens (tertiary/aromatic N) is 1. The third kappa shape index (κ3) is 3.48. The molecule has 5 heteroatoms. The molecule has 0 radical (unpaired) electrons. The summed E-state index contributed by atoms with van der Waals surface area (Å²) in [6.07, 6.45) is 0.717. The lowest BCUT2D eigenvalue weighted by Gasteiger charge is -2.12. The second-order valence-electron chi connectivity index (χ2n) is 3.78. The fourth-order valence-corrected chi connectivity index (χ4v) is 1.59. The highest BCUT2D eigenvalue weighted by atomic mass is 16.4. The van der Waals surface area contributed by atoms with E-state index in [1.54, 1.807) is 0 Å². The Kier molecular flexibility index (Phi) is 4.51. The number of aryl methyl sites for hydroxylation is 2. The first kappa shape index (κ1) is 13.0. The van der Waals surface area contributed by atoms with Gasteiger partial charge in [0, 0.05) is 5.69 Å². The number of oxime groups is 1. The zero-order valence-electron chi connectivity index (χ0n) is 10.0. The van der Waals surface area contributed by atoms with E-state index in [-0.39, 0.29) is 18.2 Å². The molecule has 0 aliphatic rings. The van der Waals surface area contributed by atoms with Gasteiger partial charge in [0.15, 0.2) is 0 Å². The average molecular weight is 235 g/mol. The van der Waals surface area contributed by atoms with Crippen LogP contribution in [0.25, 0.3) is 0 Å². The van der Waals surface area contributed by atoms with Crippen molar-refractivity contribution in [2.45, 2.75) is 26.7 Å². The fourth-order valence-electron chi connectivity index (χ4n) is 1.59. The summed E-state index contributed by atoms with van der Waals surface area (Å²) in [6.45, 7) is 3.95. The summed E-state index contributed by atoms with van der Waals surface area (Å²) in [5.41, 5.74) is 8.15. The topological polar surface area (TPSA) is 87.7 Å². The van der Waals surface area contributed by atoms with Crippen molar-refractivity contribution < 1.29 is 10.0 Å². The summed E-state index contributed by atoms with van der Waals surface area (Å²) < 4.78 is 0. The van der Waals surface area contributed by atoms with E-state index in [1.807, 2.05) is 32.0 Å². The van der Waals surface area contributed by atoms with Crippen LogP contribution in [-0.2, 0) is 11.2 Å². The Hall–Kier alpha value is -2.04. The minimum absolute atomic E-state index is 0.103. The Morgan fingerprint density at radius 1 is 1.53 bits per heavy atom. The van der Waals surface area contributed by atoms with Gasteiger partial charge in [-0.2, -0.15) is 0 Å². The number of hydrogen-bond donors (Lipinski definition) is 3. The second kappa shape index (κ2) is 5.89. The Morgan fingerprint density at radius 2 is 2.24 bits per heavy atom. The first-order chi connectivity index (χ1) is 8.08. The molecule has 92 valence electrons. The molecule has 17 heavy (non-hydrogen) atoms. The highest BCUT2D eigenvalue weighted by Crippen LogP contribution is 2.21. The molecule has 0 bridgehead atoms. The number of carbonyl (C=O) groups excluding carboxylic acids is 1. The van der Waals surface area contributed by atoms with Gasteiger partial charge >= 0.3 is 0 Å². The SMILES string of the molecule is CCc1cccc(C)c1NC(=O)C/C(N)=N/O. The third-order valence-corrected chi connectivity index (χ3v) is 2.47. The molecule has 0 saturated heterocycles. The minimum atomic E-state index is -0.288. The maximum absolute atomic E-state index is 11.6. The molecule has 1 aromatic carbocycles. The maximum atomic E-state index is 11.6. The largest absolute Gasteiger partial charge is 0.409 e. The zero-order valence-corrected chi connectivity index (χ0v) is 10.0. The lowest BCUT2D eigenvalue weighted by atomic mass is 10.1. The van der Waals surface area contributed by atoms with Crippen LogP contribution in [0.4, 0.5) is 5.69 Å². The molecular formula is C12H17N3O2. The van der Waals surface area contributed by atoms with Crippen LogP contribution in [0.1, 0.15) is 24.5 Å². The highest BCUT2D eigenvalue weighted by molar-refractivity contribution is 6.05. The Bertz CT molecular complexity index is 441. The lowest BCUT2D eigenvalue weighted by Crippen LogP contribution is -2.22. The summed E-state index contributed by atoms with van der Waals surface area (Å²) >= 11 is 0. The van der Waals surface area contributed by atoms with Gasteiger partial charge in [-0.05, 0) is 24.5 Å². The number of carbonyl (C=O) groups is 1. The number of hydrogen-bond acceptors (Lipinski definition) is 3. The summed E-state index contributed by atoms with van der Waals surface area (Å²) in [4.78, 5) is 11.6. The van der Waals surface area contributed by atoms with Crippen LogP contribution >= 0.6 is 0 Å². The van der Waals surface area contributed by atoms with Crippen LogP contribution in [-0.4, -0.2) is 17.0 Å². The van der Waals surface area contributed by atoms with Gasteiger partial charge < -0.3 is 16.3 Å². The van der Waals surface area contributed by atoms with Crippen LogP contribution < -0.4 is 11.1 Å². The standard InChI is InChI=1S/C12H17N3O2/c1-3-9-6-4-5-8(2)12(9)14-11(16)7-10(13)15-17/h4-6,17H,3,7H2,1-2H3,(H2,13,15)(H,14,16). The maximum Gasteiger partial charge on any atom is 0.232 e. The summed E-state index contributed by atoms with van der Waals surface area (Å²) in [5.74, 6) is -0.390. The van der Waals surface area contributed by atoms with Crippen LogP contribution in [0.3, 0.4) is 0 Å². The summed E-state index contributed by atoms with van der Waals surface area (Å²) in [7, 11) is 0. The number of para-hydroxylation sites is 1. The van der Waals surface area contributed by atoms with Gasteiger partial charge in [0.2, 0.25) is 5.91 Å². The van der Waals surface area contributed by atoms with Crippen molar-refractivity contribution in [2.75, 3.05) is 5.32 Å². The van der Waals surface area contributed by atoms with Crippen LogP contribution in [0.15, 0.2) is 23.4 Å². The molecule has 4 N–H and O–H groups in total. The molecule has 0 aromatic heterocycles. The van der Waals surface area contributed by atoms with Crippen LogP contribution in [0.2, 0.25) is 0 Å². The third-order valence-electron chi connectivity index (χ3n) is 2.47. The summed E-state index contributed by atoms with van der Waals surface area (Å²) in [5, 5.41) is 13.9. The van der Waals surface area contributed by atoms with E-state index >= 15 is 0 Å². The van der Waals surface area contributed by atoms with Gasteiger partial charge in [-0.1, -0.05) is 30.3 Å². The van der Waals surface area contributed by atoms with E-state index in [9.17, 15) is 4.79 Å². The number of amidine groups is 1. The van der Waals surface area contributed by atoms with E-state index in [2.05, 4.69) is 10.5 Å². The van der Waals surface area contributed by atoms with Crippen LogP contribution in [0, 0.1) is 6.92 Å². The molecule has 0 atom stereocenters. The normalized spacial score (nSPS) is 11.3. The monoisotopic (exact) mass is 235 g/mol. The zero-order chi connectivity index (χ0) is 12.8. The minimum Gasteiger partial charge on any atom is -0.409 e. The van der Waals surface area contributed by atoms with Crippen molar-refractivity contribution in [3.63, 3.8) is 0 Å². The first-order valence-electron chi connectivity index (χ1n) is 5.43. The number of nitrogens with one attached hydrogen (secondary N) is 1. The molecule has 0 saturated carbocycles. The number of benzene rings is 1. The van der Waals surface area contributed by atoms with Gasteiger partial charge in [-0.3, -0.25) is 4.79 Å². The Balaban J connectivity index is 2.84. The molecular weight excluding hydrogens is 218 g/mol. The van der Waals surface area contributed by atoms with Gasteiger partial charge in [-0.25, -0.2) is 0 Å². The first-order valence-corrected chi connectivity index (χ1v) is 5.43. The Morgan fingerprint density at radius 3 is 2.82 bits per heavy atom. The summed E-state index contributed by atoms with van der Waals surface area (Å²) in [6, 6.07) is 5.84. The predicted octanol–water partition coefficient (Wildman–Crippen LogP) is 1.63. The molecule has 1 amide bonds. The lowest BCUT2D eigenvalue weighted by molar-refractivity contribution is -0.115. The van der Waals surface area contributed by atoms with E-state index in [0.29, 0.717) is 0 Å². The van der Waals surface area contributed by atoms with Gasteiger partial charge in [-0.15, -0.1) is 0 Å². The van der Waals surface area contributed by atoms with Crippen molar-refractivity contribution >= 4 is 17.4 Å². The number of nitrogens with two attached hydrogens (primary N) is 1. The van der Waals surface area contributed by atoms with Crippen molar-refractivity contribution in [3.8, 4) is 0 Å². The highest BCUT2D eigenvalue weighted by Gasteiger charge is 2.09. The van der Waals surface area contributed by atoms with Gasteiger partial charge in [0.25, 0.3) is 0 Å². The molecule has 0 spiro atoms. The van der Waals surface area contributed by atoms with Gasteiger partial charge in [0.1, 0.15) is 5.84 Å². The number of amides is 1. The molecule has 0 fully saturated rings. The molecule has 0 aliphatic carbocycles. The smallest absolute Gasteiger partial charge is 0.232 e. The second-order valence-corrected chi connectivity index (χ2v) is 3.78. The van der Waals surface area contributed by atoms with E-state index in [0.717, 1.165) is 23.2 Å². The van der Waals surface area contributed by atoms with E-state index < -0.39 is 0 Å². The quantitative estimate of drug-likeness (QED) is 0.321. The number of rotatable bonds is 4. The molecule has 1 aromatic rings. The number of anilines is 1. The fraction of sp³-hybridized carbons (Fsp3) is 0.333. The molecule has 0 unspecified atom stereocenters. The molecule has 1 rings (SSSR count). The van der Waals surface area contributed by atoms with Crippen molar-refractivity contribution in [2.24, 2.45) is 10.9 Å². The van der Waals surface area contributed by atoms with Crippen molar-refractivity contribution in [3.05, 3.63) is 29.3 Å². The van der Waals surface area contributed by atoms with E-state index in [1.165, 1.54) is 0 Å². The molecule has 0 aliphatic heterocycles. The van der Waals surface area contributed by atoms with Crippen molar-refractivity contribution in [1.82, 2.24) is 0 Å².